The maximum Gasteiger partial charge on any atom is 0.272 e. The van der Waals surface area contributed by atoms with Crippen molar-refractivity contribution < 1.29 is 19.3 Å². The molecule has 4 aromatic carbocycles. The fraction of sp³-hybridized carbons (Fsp3) is 0.147. The topological polar surface area (TPSA) is 134 Å². The van der Waals surface area contributed by atoms with E-state index in [0.717, 1.165) is 16.1 Å². The highest BCUT2D eigenvalue weighted by Crippen LogP contribution is 2.27. The van der Waals surface area contributed by atoms with Crippen molar-refractivity contribution in [3.05, 3.63) is 130 Å². The molecule has 0 saturated heterocycles. The van der Waals surface area contributed by atoms with Crippen molar-refractivity contribution in [1.82, 2.24) is 5.32 Å². The van der Waals surface area contributed by atoms with Crippen LogP contribution in [-0.2, 0) is 9.59 Å². The van der Waals surface area contributed by atoms with E-state index in [9.17, 15) is 24.5 Å². The number of carbonyl (C=O) groups excluding carboxylic acids is 3. The number of benzene rings is 4. The molecular weight excluding hydrogens is 590 g/mol. The zero-order valence-corrected chi connectivity index (χ0v) is 26.1. The van der Waals surface area contributed by atoms with Crippen LogP contribution in [0.5, 0.6) is 0 Å². The third-order valence-electron chi connectivity index (χ3n) is 6.73. The number of hydrogen-bond donors (Lipinski definition) is 3. The highest BCUT2D eigenvalue weighted by Gasteiger charge is 2.18. The Morgan fingerprint density at radius 1 is 0.889 bits per heavy atom. The molecule has 0 fully saturated rings. The van der Waals surface area contributed by atoms with Crippen LogP contribution in [0.2, 0.25) is 0 Å². The molecule has 3 amide bonds. The molecule has 0 spiro atoms. The van der Waals surface area contributed by atoms with Gasteiger partial charge in [0, 0.05) is 48.1 Å². The molecule has 11 heteroatoms. The molecule has 0 saturated carbocycles. The van der Waals surface area contributed by atoms with E-state index < -0.39 is 22.0 Å². The smallest absolute Gasteiger partial charge is 0.272 e. The molecule has 1 atom stereocenters. The molecule has 1 unspecified atom stereocenters. The molecule has 10 nitrogen and oxygen atoms in total. The molecule has 0 bridgehead atoms. The van der Waals surface area contributed by atoms with Crippen molar-refractivity contribution >= 4 is 58.3 Å². The highest BCUT2D eigenvalue weighted by molar-refractivity contribution is 8.00. The minimum atomic E-state index is -0.509. The van der Waals surface area contributed by atoms with E-state index in [0.29, 0.717) is 22.5 Å². The van der Waals surface area contributed by atoms with Gasteiger partial charge in [0.15, 0.2) is 0 Å². The second-order valence-electron chi connectivity index (χ2n) is 10.3. The number of anilines is 3. The van der Waals surface area contributed by atoms with E-state index in [1.807, 2.05) is 43.3 Å². The minimum Gasteiger partial charge on any atom is -0.378 e. The predicted molar refractivity (Wildman–Crippen MR) is 180 cm³/mol. The fourth-order valence-electron chi connectivity index (χ4n) is 4.14. The number of non-ortho nitro benzene ring substituents is 1. The van der Waals surface area contributed by atoms with Crippen LogP contribution in [0.4, 0.5) is 22.7 Å². The van der Waals surface area contributed by atoms with Crippen molar-refractivity contribution in [2.75, 3.05) is 29.6 Å². The monoisotopic (exact) mass is 623 g/mol. The highest BCUT2D eigenvalue weighted by atomic mass is 32.2. The Labute approximate surface area is 265 Å². The van der Waals surface area contributed by atoms with Gasteiger partial charge in [0.2, 0.25) is 5.91 Å². The summed E-state index contributed by atoms with van der Waals surface area (Å²) in [5.41, 5.74) is 3.71. The van der Waals surface area contributed by atoms with E-state index in [-0.39, 0.29) is 17.3 Å². The molecule has 0 heterocycles. The first-order valence-corrected chi connectivity index (χ1v) is 14.9. The zero-order chi connectivity index (χ0) is 32.5. The number of aryl methyl sites for hydroxylation is 1. The van der Waals surface area contributed by atoms with Crippen molar-refractivity contribution in [3.8, 4) is 0 Å². The SMILES string of the molecule is Cc1ccc([N+](=O)[O-])cc1NC(=O)C(C)Sc1ccc(NC(=O)/C(=C/c2ccc(N(C)C)cc2)NC(=O)c2ccccc2)cc1. The summed E-state index contributed by atoms with van der Waals surface area (Å²) in [4.78, 5) is 52.5. The van der Waals surface area contributed by atoms with Crippen LogP contribution in [-0.4, -0.2) is 42.0 Å². The average Bonchev–Trinajstić information content (AvgIpc) is 3.03. The van der Waals surface area contributed by atoms with E-state index in [2.05, 4.69) is 16.0 Å². The summed E-state index contributed by atoms with van der Waals surface area (Å²) in [6.07, 6.45) is 1.61. The van der Waals surface area contributed by atoms with Gasteiger partial charge in [-0.15, -0.1) is 11.8 Å². The van der Waals surface area contributed by atoms with Crippen molar-refractivity contribution in [2.45, 2.75) is 24.0 Å². The fourth-order valence-corrected chi connectivity index (χ4v) is 5.01. The number of amides is 3. The lowest BCUT2D eigenvalue weighted by molar-refractivity contribution is -0.384. The van der Waals surface area contributed by atoms with Crippen LogP contribution in [0, 0.1) is 17.0 Å². The van der Waals surface area contributed by atoms with Gasteiger partial charge in [-0.05, 0) is 79.6 Å². The third kappa shape index (κ3) is 9.04. The Hall–Kier alpha value is -5.42. The number of carbonyl (C=O) groups is 3. The number of thioether (sulfide) groups is 1. The molecule has 0 aromatic heterocycles. The standard InChI is InChI=1S/C34H33N5O5S/c1-22-10-15-28(39(43)44)21-30(22)36-32(40)23(2)45-29-18-13-26(14-19-29)35-34(42)31(37-33(41)25-8-6-5-7-9-25)20-24-11-16-27(17-12-24)38(3)4/h5-21,23H,1-4H3,(H,35,42)(H,36,40)(H,37,41)/b31-20-. The van der Waals surface area contributed by atoms with Crippen molar-refractivity contribution in [3.63, 3.8) is 0 Å². The molecule has 45 heavy (non-hydrogen) atoms. The Morgan fingerprint density at radius 3 is 2.18 bits per heavy atom. The lowest BCUT2D eigenvalue weighted by atomic mass is 10.1. The van der Waals surface area contributed by atoms with Crippen molar-refractivity contribution in [1.29, 1.82) is 0 Å². The van der Waals surface area contributed by atoms with E-state index in [1.54, 1.807) is 80.6 Å². The summed E-state index contributed by atoms with van der Waals surface area (Å²) in [6.45, 7) is 3.50. The Bertz CT molecular complexity index is 1720. The van der Waals surface area contributed by atoms with Crippen LogP contribution in [0.1, 0.15) is 28.4 Å². The number of hydrogen-bond acceptors (Lipinski definition) is 7. The van der Waals surface area contributed by atoms with Crippen LogP contribution in [0.15, 0.2) is 108 Å². The van der Waals surface area contributed by atoms with Gasteiger partial charge >= 0.3 is 0 Å². The summed E-state index contributed by atoms with van der Waals surface area (Å²) >= 11 is 1.30. The van der Waals surface area contributed by atoms with Gasteiger partial charge in [0.1, 0.15) is 5.70 Å². The summed E-state index contributed by atoms with van der Waals surface area (Å²) < 4.78 is 0. The van der Waals surface area contributed by atoms with E-state index in [1.165, 1.54) is 23.9 Å². The maximum absolute atomic E-state index is 13.4. The maximum atomic E-state index is 13.4. The molecule has 0 aliphatic rings. The van der Waals surface area contributed by atoms with Gasteiger partial charge in [-0.3, -0.25) is 24.5 Å². The van der Waals surface area contributed by atoms with Crippen LogP contribution in [0.25, 0.3) is 6.08 Å². The van der Waals surface area contributed by atoms with Gasteiger partial charge in [-0.25, -0.2) is 0 Å². The quantitative estimate of drug-likeness (QED) is 0.0752. The number of nitrogens with zero attached hydrogens (tertiary/aromatic N) is 2. The minimum absolute atomic E-state index is 0.0710. The number of rotatable bonds is 11. The lowest BCUT2D eigenvalue weighted by Gasteiger charge is -2.15. The molecule has 0 aliphatic heterocycles. The zero-order valence-electron chi connectivity index (χ0n) is 25.2. The van der Waals surface area contributed by atoms with Gasteiger partial charge in [0.05, 0.1) is 15.9 Å². The molecule has 230 valence electrons. The first-order chi connectivity index (χ1) is 21.5. The first kappa shape index (κ1) is 32.5. The predicted octanol–water partition coefficient (Wildman–Crippen LogP) is 6.50. The van der Waals surface area contributed by atoms with Crippen molar-refractivity contribution in [2.24, 2.45) is 0 Å². The Kier molecular flexibility index (Phi) is 10.7. The summed E-state index contributed by atoms with van der Waals surface area (Å²) in [5.74, 6) is -1.22. The number of nitrogens with one attached hydrogen (secondary N) is 3. The van der Waals surface area contributed by atoms with E-state index in [4.69, 9.17) is 0 Å². The third-order valence-corrected chi connectivity index (χ3v) is 7.85. The average molecular weight is 624 g/mol. The summed E-state index contributed by atoms with van der Waals surface area (Å²) in [5, 5.41) is 18.9. The lowest BCUT2D eigenvalue weighted by Crippen LogP contribution is -2.30. The van der Waals surface area contributed by atoms with Crippen LogP contribution in [0.3, 0.4) is 0 Å². The second-order valence-corrected chi connectivity index (χ2v) is 11.8. The number of nitro groups is 1. The second kappa shape index (κ2) is 14.8. The molecule has 3 N–H and O–H groups in total. The Morgan fingerprint density at radius 2 is 1.56 bits per heavy atom. The van der Waals surface area contributed by atoms with Crippen LogP contribution < -0.4 is 20.9 Å². The van der Waals surface area contributed by atoms with Crippen LogP contribution >= 0.6 is 11.8 Å². The first-order valence-electron chi connectivity index (χ1n) is 14.0. The molecular formula is C34H33N5O5S. The largest absolute Gasteiger partial charge is 0.378 e. The number of nitro benzene ring substituents is 1. The van der Waals surface area contributed by atoms with Gasteiger partial charge in [-0.1, -0.05) is 36.4 Å². The Balaban J connectivity index is 1.44. The molecule has 0 aliphatic carbocycles. The van der Waals surface area contributed by atoms with Gasteiger partial charge in [-0.2, -0.15) is 0 Å². The molecule has 4 rings (SSSR count). The summed E-state index contributed by atoms with van der Waals surface area (Å²) in [7, 11) is 3.87. The summed E-state index contributed by atoms with van der Waals surface area (Å²) in [6, 6.07) is 27.5. The van der Waals surface area contributed by atoms with Gasteiger partial charge < -0.3 is 20.9 Å². The normalized spacial score (nSPS) is 11.7. The molecule has 4 aromatic rings. The van der Waals surface area contributed by atoms with E-state index >= 15 is 0 Å². The van der Waals surface area contributed by atoms with Gasteiger partial charge in [0.25, 0.3) is 17.5 Å². The molecule has 0 radical (unpaired) electrons.